The molecular formula is C19H23N3O5. The van der Waals surface area contributed by atoms with Crippen molar-refractivity contribution in [3.05, 3.63) is 41.2 Å². The fourth-order valence-electron chi connectivity index (χ4n) is 2.79. The quantitative estimate of drug-likeness (QED) is 0.603. The van der Waals surface area contributed by atoms with E-state index in [9.17, 15) is 14.4 Å². The first-order valence-corrected chi connectivity index (χ1v) is 8.70. The summed E-state index contributed by atoms with van der Waals surface area (Å²) in [7, 11) is 1.31. The maximum atomic E-state index is 12.5. The Hall–Kier alpha value is -2.92. The molecule has 0 spiro atoms. The van der Waals surface area contributed by atoms with E-state index < -0.39 is 12.0 Å². The van der Waals surface area contributed by atoms with Gasteiger partial charge in [-0.05, 0) is 19.8 Å². The van der Waals surface area contributed by atoms with Crippen molar-refractivity contribution in [2.75, 3.05) is 26.8 Å². The number of benzene rings is 1. The number of esters is 1. The number of nitrogens with one attached hydrogen (secondary N) is 1. The lowest BCUT2D eigenvalue weighted by Gasteiger charge is -2.33. The number of piperidine rings is 1. The summed E-state index contributed by atoms with van der Waals surface area (Å²) >= 11 is 0. The van der Waals surface area contributed by atoms with Gasteiger partial charge in [-0.1, -0.05) is 24.3 Å². The Morgan fingerprint density at radius 1 is 1.26 bits per heavy atom. The molecule has 0 bridgehead atoms. The number of ether oxygens (including phenoxy) is 2. The average Bonchev–Trinajstić information content (AvgIpc) is 2.71. The predicted molar refractivity (Wildman–Crippen MR) is 97.2 cm³/mol. The van der Waals surface area contributed by atoms with Gasteiger partial charge < -0.3 is 19.7 Å². The van der Waals surface area contributed by atoms with Gasteiger partial charge in [0, 0.05) is 18.7 Å². The van der Waals surface area contributed by atoms with Gasteiger partial charge in [0.25, 0.3) is 5.91 Å². The van der Waals surface area contributed by atoms with Crippen LogP contribution in [0.25, 0.3) is 4.85 Å². The zero-order valence-corrected chi connectivity index (χ0v) is 15.4. The second kappa shape index (κ2) is 9.69. The normalized spacial score (nSPS) is 15.5. The molecule has 1 N–H and O–H groups in total. The molecule has 8 heteroatoms. The standard InChI is InChI=1S/C19H23N3O5/c1-13(21-18(24)14-4-6-15(20-2)7-5-14)19(25)22-10-8-16(9-11-22)27-12-17(23)26-3/h4-7,13,16H,8-12H2,1,3H3,(H,21,24)/t13-/m0/s1. The van der Waals surface area contributed by atoms with Gasteiger partial charge in [-0.2, -0.15) is 0 Å². The lowest BCUT2D eigenvalue weighted by molar-refractivity contribution is -0.150. The highest BCUT2D eigenvalue weighted by Crippen LogP contribution is 2.15. The molecule has 0 aliphatic carbocycles. The fraction of sp³-hybridized carbons (Fsp3) is 0.474. The van der Waals surface area contributed by atoms with Crippen molar-refractivity contribution >= 4 is 23.5 Å². The van der Waals surface area contributed by atoms with E-state index in [0.29, 0.717) is 37.2 Å². The molecule has 1 aromatic carbocycles. The van der Waals surface area contributed by atoms with Gasteiger partial charge >= 0.3 is 5.97 Å². The molecule has 27 heavy (non-hydrogen) atoms. The number of likely N-dealkylation sites (tertiary alicyclic amines) is 1. The third kappa shape index (κ3) is 5.79. The molecule has 144 valence electrons. The van der Waals surface area contributed by atoms with Crippen molar-refractivity contribution < 1.29 is 23.9 Å². The molecule has 1 aliphatic heterocycles. The number of methoxy groups -OCH3 is 1. The van der Waals surface area contributed by atoms with Crippen molar-refractivity contribution in [1.82, 2.24) is 10.2 Å². The van der Waals surface area contributed by atoms with Crippen LogP contribution in [0.5, 0.6) is 0 Å². The van der Waals surface area contributed by atoms with Crippen LogP contribution >= 0.6 is 0 Å². The van der Waals surface area contributed by atoms with E-state index in [1.165, 1.54) is 7.11 Å². The Kier molecular flexibility index (Phi) is 7.32. The molecule has 2 amide bonds. The number of carbonyl (C=O) groups is 3. The first kappa shape index (κ1) is 20.4. The summed E-state index contributed by atoms with van der Waals surface area (Å²) in [6, 6.07) is 5.58. The van der Waals surface area contributed by atoms with E-state index >= 15 is 0 Å². The maximum Gasteiger partial charge on any atom is 0.331 e. The SMILES string of the molecule is [C-]#[N+]c1ccc(C(=O)N[C@@H](C)C(=O)N2CCC(OCC(=O)OC)CC2)cc1. The number of hydrogen-bond donors (Lipinski definition) is 1. The van der Waals surface area contributed by atoms with E-state index in [1.54, 1.807) is 36.1 Å². The molecule has 0 unspecified atom stereocenters. The van der Waals surface area contributed by atoms with Crippen LogP contribution in [0, 0.1) is 6.57 Å². The Labute approximate surface area is 158 Å². The highest BCUT2D eigenvalue weighted by atomic mass is 16.6. The molecular weight excluding hydrogens is 350 g/mol. The van der Waals surface area contributed by atoms with Gasteiger partial charge in [0.2, 0.25) is 5.91 Å². The monoisotopic (exact) mass is 373 g/mol. The average molecular weight is 373 g/mol. The van der Waals surface area contributed by atoms with E-state index in [-0.39, 0.29) is 24.5 Å². The number of rotatable bonds is 6. The molecule has 0 radical (unpaired) electrons. The topological polar surface area (TPSA) is 89.3 Å². The highest BCUT2D eigenvalue weighted by molar-refractivity contribution is 5.97. The summed E-state index contributed by atoms with van der Waals surface area (Å²) < 4.78 is 10.00. The molecule has 0 aromatic heterocycles. The predicted octanol–water partition coefficient (Wildman–Crippen LogP) is 1.54. The molecule has 1 saturated heterocycles. The lowest BCUT2D eigenvalue weighted by Crippen LogP contribution is -2.50. The zero-order valence-electron chi connectivity index (χ0n) is 15.4. The number of carbonyl (C=O) groups excluding carboxylic acids is 3. The second-order valence-corrected chi connectivity index (χ2v) is 6.27. The largest absolute Gasteiger partial charge is 0.467 e. The molecule has 1 heterocycles. The van der Waals surface area contributed by atoms with Crippen molar-refractivity contribution in [2.24, 2.45) is 0 Å². The smallest absolute Gasteiger partial charge is 0.331 e. The summed E-state index contributed by atoms with van der Waals surface area (Å²) in [5.41, 5.74) is 0.852. The first-order valence-electron chi connectivity index (χ1n) is 8.70. The minimum atomic E-state index is -0.662. The molecule has 1 aromatic rings. The van der Waals surface area contributed by atoms with Crippen LogP contribution in [0.1, 0.15) is 30.1 Å². The second-order valence-electron chi connectivity index (χ2n) is 6.27. The molecule has 2 rings (SSSR count). The molecule has 1 atom stereocenters. The van der Waals surface area contributed by atoms with Crippen LogP contribution in [0.4, 0.5) is 5.69 Å². The number of amides is 2. The van der Waals surface area contributed by atoms with Crippen LogP contribution < -0.4 is 5.32 Å². The first-order chi connectivity index (χ1) is 12.9. The van der Waals surface area contributed by atoms with E-state index in [4.69, 9.17) is 11.3 Å². The Morgan fingerprint density at radius 3 is 2.44 bits per heavy atom. The fourth-order valence-corrected chi connectivity index (χ4v) is 2.79. The van der Waals surface area contributed by atoms with Crippen LogP contribution in [0.15, 0.2) is 24.3 Å². The summed E-state index contributed by atoms with van der Waals surface area (Å²) in [6.45, 7) is 9.48. The Bertz CT molecular complexity index is 718. The van der Waals surface area contributed by atoms with Crippen LogP contribution in [0.3, 0.4) is 0 Å². The van der Waals surface area contributed by atoms with Crippen molar-refractivity contribution in [1.29, 1.82) is 0 Å². The summed E-state index contributed by atoms with van der Waals surface area (Å²) in [6.07, 6.45) is 1.17. The van der Waals surface area contributed by atoms with Gasteiger partial charge in [-0.15, -0.1) is 0 Å². The molecule has 1 aliphatic rings. The number of nitrogens with zero attached hydrogens (tertiary/aromatic N) is 2. The Morgan fingerprint density at radius 2 is 1.89 bits per heavy atom. The van der Waals surface area contributed by atoms with Crippen LogP contribution in [-0.2, 0) is 19.1 Å². The Balaban J connectivity index is 1.80. The van der Waals surface area contributed by atoms with E-state index in [2.05, 4.69) is 14.9 Å². The van der Waals surface area contributed by atoms with E-state index in [1.807, 2.05) is 0 Å². The number of hydrogen-bond acceptors (Lipinski definition) is 5. The molecule has 0 saturated carbocycles. The minimum absolute atomic E-state index is 0.0842. The van der Waals surface area contributed by atoms with Gasteiger partial charge in [-0.3, -0.25) is 9.59 Å². The minimum Gasteiger partial charge on any atom is -0.467 e. The third-order valence-electron chi connectivity index (χ3n) is 4.39. The maximum absolute atomic E-state index is 12.5. The third-order valence-corrected chi connectivity index (χ3v) is 4.39. The van der Waals surface area contributed by atoms with Gasteiger partial charge in [0.15, 0.2) is 5.69 Å². The summed E-state index contributed by atoms with van der Waals surface area (Å²) in [4.78, 5) is 40.9. The van der Waals surface area contributed by atoms with Gasteiger partial charge in [-0.25, -0.2) is 9.64 Å². The zero-order chi connectivity index (χ0) is 19.8. The molecule has 8 nitrogen and oxygen atoms in total. The highest BCUT2D eigenvalue weighted by Gasteiger charge is 2.27. The lowest BCUT2D eigenvalue weighted by atomic mass is 10.1. The van der Waals surface area contributed by atoms with E-state index in [0.717, 1.165) is 0 Å². The van der Waals surface area contributed by atoms with Crippen LogP contribution in [0.2, 0.25) is 0 Å². The van der Waals surface area contributed by atoms with Crippen molar-refractivity contribution in [2.45, 2.75) is 31.9 Å². The van der Waals surface area contributed by atoms with Crippen LogP contribution in [-0.4, -0.2) is 61.6 Å². The summed E-state index contributed by atoms with van der Waals surface area (Å²) in [5, 5.41) is 2.69. The van der Waals surface area contributed by atoms with Crippen molar-refractivity contribution in [3.63, 3.8) is 0 Å². The molecule has 1 fully saturated rings. The van der Waals surface area contributed by atoms with Gasteiger partial charge in [0.1, 0.15) is 12.6 Å². The summed E-state index contributed by atoms with van der Waals surface area (Å²) in [5.74, 6) is -0.939. The van der Waals surface area contributed by atoms with Crippen molar-refractivity contribution in [3.8, 4) is 0 Å². The van der Waals surface area contributed by atoms with Gasteiger partial charge in [0.05, 0.1) is 19.8 Å².